The number of hydrogen-bond donors (Lipinski definition) is 0. The topological polar surface area (TPSA) is 16.1 Å². The summed E-state index contributed by atoms with van der Waals surface area (Å²) in [6.45, 7) is 0. The molecule has 3 aromatic heterocycles. The minimum absolute atomic E-state index is 1.06. The number of aromatic nitrogens is 1. The van der Waals surface area contributed by atoms with Gasteiger partial charge in [-0.25, -0.2) is 4.98 Å². The van der Waals surface area contributed by atoms with E-state index in [-0.39, 0.29) is 0 Å². The molecule has 254 valence electrons. The Morgan fingerprint density at radius 2 is 1.06 bits per heavy atom. The van der Waals surface area contributed by atoms with Crippen molar-refractivity contribution in [3.8, 4) is 32.8 Å². The van der Waals surface area contributed by atoms with Gasteiger partial charge in [0, 0.05) is 63.0 Å². The van der Waals surface area contributed by atoms with Crippen molar-refractivity contribution < 1.29 is 0 Å². The molecular formula is C49H30N2S3. The van der Waals surface area contributed by atoms with E-state index in [0.29, 0.717) is 0 Å². The van der Waals surface area contributed by atoms with Gasteiger partial charge in [0.2, 0.25) is 0 Å². The summed E-state index contributed by atoms with van der Waals surface area (Å²) in [6.07, 6.45) is 0. The van der Waals surface area contributed by atoms with Crippen LogP contribution in [0.25, 0.3) is 83.4 Å². The number of benzene rings is 8. The van der Waals surface area contributed by atoms with Crippen LogP contribution in [0.1, 0.15) is 0 Å². The Balaban J connectivity index is 1.05. The maximum atomic E-state index is 5.20. The molecule has 54 heavy (non-hydrogen) atoms. The lowest BCUT2D eigenvalue weighted by atomic mass is 10.0. The largest absolute Gasteiger partial charge is 0.310 e. The first-order valence-electron chi connectivity index (χ1n) is 18.0. The Labute approximate surface area is 324 Å². The van der Waals surface area contributed by atoms with Crippen molar-refractivity contribution in [2.45, 2.75) is 0 Å². The van der Waals surface area contributed by atoms with E-state index in [4.69, 9.17) is 4.98 Å². The summed E-state index contributed by atoms with van der Waals surface area (Å²) < 4.78 is 6.39. The summed E-state index contributed by atoms with van der Waals surface area (Å²) in [5, 5.41) is 6.20. The fraction of sp³-hybridized carbons (Fsp3) is 0. The normalized spacial score (nSPS) is 11.7. The molecule has 0 spiro atoms. The van der Waals surface area contributed by atoms with Gasteiger partial charge in [-0.1, -0.05) is 127 Å². The van der Waals surface area contributed by atoms with E-state index in [1.54, 1.807) is 11.3 Å². The third kappa shape index (κ3) is 5.24. The second-order valence-electron chi connectivity index (χ2n) is 13.5. The average molecular weight is 743 g/mol. The average Bonchev–Trinajstić information content (AvgIpc) is 3.95. The lowest BCUT2D eigenvalue weighted by Gasteiger charge is -2.26. The molecule has 11 rings (SSSR count). The zero-order valence-corrected chi connectivity index (χ0v) is 31.4. The van der Waals surface area contributed by atoms with E-state index in [1.807, 2.05) is 22.7 Å². The lowest BCUT2D eigenvalue weighted by molar-refractivity contribution is 1.29. The highest BCUT2D eigenvalue weighted by Crippen LogP contribution is 2.46. The minimum Gasteiger partial charge on any atom is -0.310 e. The third-order valence-corrected chi connectivity index (χ3v) is 13.7. The van der Waals surface area contributed by atoms with Gasteiger partial charge in [0.1, 0.15) is 5.01 Å². The van der Waals surface area contributed by atoms with E-state index >= 15 is 0 Å². The molecule has 0 saturated heterocycles. The Kier molecular flexibility index (Phi) is 7.44. The van der Waals surface area contributed by atoms with Crippen LogP contribution < -0.4 is 4.90 Å². The second kappa shape index (κ2) is 12.8. The van der Waals surface area contributed by atoms with E-state index in [2.05, 4.69) is 187 Å². The van der Waals surface area contributed by atoms with Crippen molar-refractivity contribution in [1.29, 1.82) is 0 Å². The monoisotopic (exact) mass is 742 g/mol. The van der Waals surface area contributed by atoms with Gasteiger partial charge in [-0.15, -0.1) is 34.0 Å². The van der Waals surface area contributed by atoms with Gasteiger partial charge in [-0.3, -0.25) is 0 Å². The summed E-state index contributed by atoms with van der Waals surface area (Å²) in [4.78, 5) is 7.60. The van der Waals surface area contributed by atoms with E-state index in [0.717, 1.165) is 33.1 Å². The minimum atomic E-state index is 1.06. The van der Waals surface area contributed by atoms with Crippen LogP contribution in [0, 0.1) is 0 Å². The van der Waals surface area contributed by atoms with Crippen molar-refractivity contribution in [3.05, 3.63) is 182 Å². The number of thiazole rings is 1. The molecule has 0 aliphatic rings. The standard InChI is InChI=1S/C49H30N2S3/c1-3-11-31(12-4-1)34-15-9-16-36(29-34)51(35-23-21-32(22-24-35)38-18-10-19-40-39-17-7-8-20-42(39)53-48(38)40)37-25-26-41-45(30-37)52-43-27-28-44-47(46(41)43)50-49(54-44)33-13-5-2-6-14-33/h1-30H. The Morgan fingerprint density at radius 3 is 1.91 bits per heavy atom. The number of nitrogens with zero attached hydrogens (tertiary/aromatic N) is 2. The number of rotatable bonds is 6. The molecule has 0 aliphatic carbocycles. The molecule has 0 amide bonds. The number of hydrogen-bond acceptors (Lipinski definition) is 5. The van der Waals surface area contributed by atoms with Crippen LogP contribution in [0.3, 0.4) is 0 Å². The fourth-order valence-electron chi connectivity index (χ4n) is 7.75. The van der Waals surface area contributed by atoms with Gasteiger partial charge in [-0.05, 0) is 76.9 Å². The van der Waals surface area contributed by atoms with E-state index in [9.17, 15) is 0 Å². The first-order chi connectivity index (χ1) is 26.7. The lowest BCUT2D eigenvalue weighted by Crippen LogP contribution is -2.09. The van der Waals surface area contributed by atoms with Crippen molar-refractivity contribution in [3.63, 3.8) is 0 Å². The Morgan fingerprint density at radius 1 is 0.370 bits per heavy atom. The predicted octanol–water partition coefficient (Wildman–Crippen LogP) is 15.5. The molecule has 3 heterocycles. The van der Waals surface area contributed by atoms with Gasteiger partial charge >= 0.3 is 0 Å². The molecule has 5 heteroatoms. The van der Waals surface area contributed by atoms with Crippen LogP contribution in [0.15, 0.2) is 182 Å². The zero-order chi connectivity index (χ0) is 35.6. The quantitative estimate of drug-likeness (QED) is 0.169. The zero-order valence-electron chi connectivity index (χ0n) is 28.9. The molecule has 0 unspecified atom stereocenters. The fourth-order valence-corrected chi connectivity index (χ4v) is 11.1. The molecule has 0 atom stereocenters. The highest BCUT2D eigenvalue weighted by atomic mass is 32.1. The highest BCUT2D eigenvalue weighted by molar-refractivity contribution is 7.27. The van der Waals surface area contributed by atoms with Crippen molar-refractivity contribution >= 4 is 102 Å². The first kappa shape index (κ1) is 31.4. The van der Waals surface area contributed by atoms with Crippen molar-refractivity contribution in [2.75, 3.05) is 4.90 Å². The number of fused-ring (bicyclic) bond motifs is 8. The highest BCUT2D eigenvalue weighted by Gasteiger charge is 2.19. The van der Waals surface area contributed by atoms with Gasteiger partial charge in [0.05, 0.1) is 10.2 Å². The van der Waals surface area contributed by atoms with Crippen LogP contribution in [-0.4, -0.2) is 4.98 Å². The Hall–Kier alpha value is -6.11. The van der Waals surface area contributed by atoms with Gasteiger partial charge in [-0.2, -0.15) is 0 Å². The summed E-state index contributed by atoms with van der Waals surface area (Å²) in [6, 6.07) is 66.0. The molecule has 0 bridgehead atoms. The maximum Gasteiger partial charge on any atom is 0.124 e. The van der Waals surface area contributed by atoms with Crippen molar-refractivity contribution in [1.82, 2.24) is 4.98 Å². The molecular weight excluding hydrogens is 713 g/mol. The molecule has 0 aliphatic heterocycles. The van der Waals surface area contributed by atoms with Gasteiger partial charge < -0.3 is 4.90 Å². The number of anilines is 3. The van der Waals surface area contributed by atoms with Gasteiger partial charge in [0.15, 0.2) is 0 Å². The predicted molar refractivity (Wildman–Crippen MR) is 236 cm³/mol. The summed E-state index contributed by atoms with van der Waals surface area (Å²) in [5.74, 6) is 0. The number of thiophene rings is 2. The third-order valence-electron chi connectivity index (χ3n) is 10.3. The van der Waals surface area contributed by atoms with E-state index in [1.165, 1.54) is 67.3 Å². The molecule has 2 nitrogen and oxygen atoms in total. The maximum absolute atomic E-state index is 5.20. The molecule has 8 aromatic carbocycles. The van der Waals surface area contributed by atoms with Crippen LogP contribution in [0.2, 0.25) is 0 Å². The van der Waals surface area contributed by atoms with Crippen LogP contribution >= 0.6 is 34.0 Å². The smallest absolute Gasteiger partial charge is 0.124 e. The molecule has 0 radical (unpaired) electrons. The second-order valence-corrected chi connectivity index (χ2v) is 16.7. The molecule has 11 aromatic rings. The summed E-state index contributed by atoms with van der Waals surface area (Å²) in [7, 11) is 0. The molecule has 0 saturated carbocycles. The molecule has 0 fully saturated rings. The Bertz CT molecular complexity index is 3160. The van der Waals surface area contributed by atoms with Crippen LogP contribution in [-0.2, 0) is 0 Å². The first-order valence-corrected chi connectivity index (χ1v) is 20.5. The van der Waals surface area contributed by atoms with Crippen molar-refractivity contribution in [2.24, 2.45) is 0 Å². The molecule has 0 N–H and O–H groups in total. The van der Waals surface area contributed by atoms with Gasteiger partial charge in [0.25, 0.3) is 0 Å². The van der Waals surface area contributed by atoms with E-state index < -0.39 is 0 Å². The SMILES string of the molecule is c1ccc(-c2cccc(N(c3ccc(-c4cccc5c4sc4ccccc45)cc3)c3ccc4c(c3)sc3ccc5sc(-c6ccccc6)nc5c34)c2)cc1. The van der Waals surface area contributed by atoms with Crippen LogP contribution in [0.4, 0.5) is 17.1 Å². The summed E-state index contributed by atoms with van der Waals surface area (Å²) in [5.41, 5.74) is 10.5. The summed E-state index contributed by atoms with van der Waals surface area (Å²) >= 11 is 5.49. The van der Waals surface area contributed by atoms with Crippen LogP contribution in [0.5, 0.6) is 0 Å².